The molecule has 1 N–H and O–H groups in total. The summed E-state index contributed by atoms with van der Waals surface area (Å²) in [6.07, 6.45) is 2.73. The molecule has 0 saturated carbocycles. The molecule has 0 radical (unpaired) electrons. The van der Waals surface area contributed by atoms with Crippen LogP contribution in [0.4, 0.5) is 5.69 Å². The lowest BCUT2D eigenvalue weighted by Gasteiger charge is -2.31. The summed E-state index contributed by atoms with van der Waals surface area (Å²) in [4.78, 5) is 28.0. The first-order valence-electron chi connectivity index (χ1n) is 12.5. The minimum absolute atomic E-state index is 0.0827. The van der Waals surface area contributed by atoms with E-state index >= 15 is 0 Å². The Labute approximate surface area is 226 Å². The molecule has 0 aromatic heterocycles. The lowest BCUT2D eigenvalue weighted by molar-refractivity contribution is -0.141. The van der Waals surface area contributed by atoms with E-state index in [1.807, 2.05) is 45.0 Å². The quantitative estimate of drug-likeness (QED) is 0.372. The molecule has 2 rings (SSSR count). The number of nitrogens with zero attached hydrogens (tertiary/aromatic N) is 2. The zero-order valence-corrected chi connectivity index (χ0v) is 23.9. The highest BCUT2D eigenvalue weighted by atomic mass is 35.5. The minimum atomic E-state index is -3.63. The molecule has 0 unspecified atom stereocenters. The maximum atomic E-state index is 13.5. The first-order chi connectivity index (χ1) is 17.5. The van der Waals surface area contributed by atoms with Crippen molar-refractivity contribution in [3.63, 3.8) is 0 Å². The summed E-state index contributed by atoms with van der Waals surface area (Å²) in [5.41, 5.74) is 2.38. The van der Waals surface area contributed by atoms with Crippen LogP contribution in [0.1, 0.15) is 50.7 Å². The van der Waals surface area contributed by atoms with Crippen LogP contribution in [0.15, 0.2) is 42.5 Å². The van der Waals surface area contributed by atoms with Crippen molar-refractivity contribution >= 4 is 39.1 Å². The fourth-order valence-corrected chi connectivity index (χ4v) is 5.28. The Morgan fingerprint density at radius 1 is 1.14 bits per heavy atom. The summed E-state index contributed by atoms with van der Waals surface area (Å²) in [6.45, 7) is 6.75. The van der Waals surface area contributed by atoms with Crippen LogP contribution in [0.2, 0.25) is 5.02 Å². The Hall–Kier alpha value is -2.78. The summed E-state index contributed by atoms with van der Waals surface area (Å²) in [7, 11) is -2.14. The van der Waals surface area contributed by atoms with E-state index in [0.29, 0.717) is 30.9 Å². The van der Waals surface area contributed by atoms with Gasteiger partial charge in [-0.25, -0.2) is 8.42 Å². The third-order valence-corrected chi connectivity index (χ3v) is 7.60. The number of carbonyl (C=O) groups is 2. The number of hydrogen-bond donors (Lipinski definition) is 1. The second-order valence-electron chi connectivity index (χ2n) is 8.92. The van der Waals surface area contributed by atoms with Crippen molar-refractivity contribution in [3.8, 4) is 5.75 Å². The number of sulfonamides is 1. The summed E-state index contributed by atoms with van der Waals surface area (Å²) < 4.78 is 31.4. The Balaban J connectivity index is 2.23. The van der Waals surface area contributed by atoms with Gasteiger partial charge in [0.15, 0.2) is 0 Å². The Morgan fingerprint density at radius 2 is 1.84 bits per heavy atom. The molecule has 0 spiro atoms. The molecule has 2 aromatic rings. The van der Waals surface area contributed by atoms with E-state index < -0.39 is 16.1 Å². The van der Waals surface area contributed by atoms with Crippen LogP contribution in [-0.2, 0) is 26.2 Å². The zero-order valence-electron chi connectivity index (χ0n) is 22.3. The molecule has 0 aliphatic rings. The summed E-state index contributed by atoms with van der Waals surface area (Å²) in [5.74, 6) is 0.0488. The Morgan fingerprint density at radius 3 is 2.41 bits per heavy atom. The van der Waals surface area contributed by atoms with Crippen LogP contribution in [-0.4, -0.2) is 57.6 Å². The van der Waals surface area contributed by atoms with Crippen molar-refractivity contribution in [3.05, 3.63) is 58.6 Å². The van der Waals surface area contributed by atoms with Gasteiger partial charge in [0.05, 0.1) is 24.1 Å². The smallest absolute Gasteiger partial charge is 0.242 e. The van der Waals surface area contributed by atoms with Crippen LogP contribution in [0.5, 0.6) is 5.75 Å². The number of benzene rings is 2. The number of methoxy groups -OCH3 is 1. The van der Waals surface area contributed by atoms with E-state index in [4.69, 9.17) is 16.3 Å². The molecule has 2 aromatic carbocycles. The second kappa shape index (κ2) is 14.2. The molecule has 0 saturated heterocycles. The van der Waals surface area contributed by atoms with Crippen molar-refractivity contribution in [1.29, 1.82) is 0 Å². The van der Waals surface area contributed by atoms with E-state index in [-0.39, 0.29) is 36.2 Å². The summed E-state index contributed by atoms with van der Waals surface area (Å²) in [5, 5.41) is 3.20. The van der Waals surface area contributed by atoms with Gasteiger partial charge >= 0.3 is 0 Å². The number of carbonyl (C=O) groups excluding carboxylic acids is 2. The van der Waals surface area contributed by atoms with Gasteiger partial charge in [0, 0.05) is 26.1 Å². The topological polar surface area (TPSA) is 96.0 Å². The van der Waals surface area contributed by atoms with Crippen molar-refractivity contribution in [2.75, 3.05) is 30.8 Å². The zero-order chi connectivity index (χ0) is 27.6. The second-order valence-corrected chi connectivity index (χ2v) is 11.2. The number of rotatable bonds is 14. The number of halogens is 1. The van der Waals surface area contributed by atoms with E-state index in [9.17, 15) is 18.0 Å². The molecule has 1 atom stereocenters. The molecule has 0 aliphatic heterocycles. The molecular weight excluding hydrogens is 514 g/mol. The molecule has 0 aliphatic carbocycles. The number of ether oxygens (including phenoxy) is 1. The highest BCUT2D eigenvalue weighted by Crippen LogP contribution is 2.30. The van der Waals surface area contributed by atoms with Gasteiger partial charge in [-0.1, -0.05) is 49.7 Å². The Bertz CT molecular complexity index is 1170. The lowest BCUT2D eigenvalue weighted by atomic mass is 10.1. The van der Waals surface area contributed by atoms with Gasteiger partial charge in [0.1, 0.15) is 11.8 Å². The van der Waals surface area contributed by atoms with Crippen molar-refractivity contribution in [2.24, 2.45) is 0 Å². The molecule has 2 amide bonds. The first kappa shape index (κ1) is 30.4. The van der Waals surface area contributed by atoms with Crippen LogP contribution >= 0.6 is 11.6 Å². The average molecular weight is 552 g/mol. The summed E-state index contributed by atoms with van der Waals surface area (Å²) in [6, 6.07) is 11.9. The third kappa shape index (κ3) is 8.64. The number of hydrogen-bond acceptors (Lipinski definition) is 5. The van der Waals surface area contributed by atoms with Gasteiger partial charge in [0.2, 0.25) is 21.8 Å². The average Bonchev–Trinajstić information content (AvgIpc) is 2.85. The van der Waals surface area contributed by atoms with Gasteiger partial charge in [0.25, 0.3) is 0 Å². The SMILES string of the molecule is CCCNC(=O)[C@H](CC)N(Cc1ccccc1C)C(=O)CCCN(c1ccc(OC)c(Cl)c1)S(C)(=O)=O. The van der Waals surface area contributed by atoms with Gasteiger partial charge in [-0.3, -0.25) is 13.9 Å². The van der Waals surface area contributed by atoms with Crippen LogP contribution < -0.4 is 14.4 Å². The number of anilines is 1. The molecule has 204 valence electrons. The molecule has 0 fully saturated rings. The standard InChI is InChI=1S/C27H38ClN3O5S/c1-6-16-29-27(33)24(7-2)30(19-21-12-9-8-11-20(21)3)26(32)13-10-17-31(37(5,34)35)22-14-15-25(36-4)23(28)18-22/h8-9,11-12,14-15,18,24H,6-7,10,13,16-17,19H2,1-5H3,(H,29,33)/t24-/m0/s1. The third-order valence-electron chi connectivity index (χ3n) is 6.11. The summed E-state index contributed by atoms with van der Waals surface area (Å²) >= 11 is 6.21. The molecule has 0 bridgehead atoms. The molecule has 0 heterocycles. The van der Waals surface area contributed by atoms with E-state index in [0.717, 1.165) is 23.8 Å². The Kier molecular flexibility index (Phi) is 11.7. The van der Waals surface area contributed by atoms with Crippen molar-refractivity contribution in [2.45, 2.75) is 59.0 Å². The molecule has 10 heteroatoms. The van der Waals surface area contributed by atoms with Crippen molar-refractivity contribution < 1.29 is 22.7 Å². The normalized spacial score (nSPS) is 12.1. The first-order valence-corrected chi connectivity index (χ1v) is 14.7. The maximum Gasteiger partial charge on any atom is 0.242 e. The fourth-order valence-electron chi connectivity index (χ4n) is 4.07. The molecular formula is C27H38ClN3O5S. The van der Waals surface area contributed by atoms with Crippen LogP contribution in [0, 0.1) is 6.92 Å². The van der Waals surface area contributed by atoms with Gasteiger partial charge < -0.3 is 15.0 Å². The number of amides is 2. The van der Waals surface area contributed by atoms with E-state index in [1.165, 1.54) is 17.5 Å². The largest absolute Gasteiger partial charge is 0.495 e. The van der Waals surface area contributed by atoms with Crippen molar-refractivity contribution in [1.82, 2.24) is 10.2 Å². The fraction of sp³-hybridized carbons (Fsp3) is 0.481. The highest BCUT2D eigenvalue weighted by Gasteiger charge is 2.29. The number of aryl methyl sites for hydroxylation is 1. The molecule has 8 nitrogen and oxygen atoms in total. The predicted octanol–water partition coefficient (Wildman–Crippen LogP) is 4.54. The highest BCUT2D eigenvalue weighted by molar-refractivity contribution is 7.92. The van der Waals surface area contributed by atoms with Gasteiger partial charge in [-0.15, -0.1) is 0 Å². The van der Waals surface area contributed by atoms with Crippen LogP contribution in [0.25, 0.3) is 0 Å². The minimum Gasteiger partial charge on any atom is -0.495 e. The predicted molar refractivity (Wildman–Crippen MR) is 149 cm³/mol. The monoisotopic (exact) mass is 551 g/mol. The lowest BCUT2D eigenvalue weighted by Crippen LogP contribution is -2.49. The van der Waals surface area contributed by atoms with Crippen LogP contribution in [0.3, 0.4) is 0 Å². The van der Waals surface area contributed by atoms with E-state index in [2.05, 4.69) is 5.32 Å². The maximum absolute atomic E-state index is 13.5. The van der Waals surface area contributed by atoms with Gasteiger partial charge in [-0.2, -0.15) is 0 Å². The van der Waals surface area contributed by atoms with E-state index in [1.54, 1.807) is 17.0 Å². The van der Waals surface area contributed by atoms with Gasteiger partial charge in [-0.05, 0) is 55.5 Å². The number of nitrogens with one attached hydrogen (secondary N) is 1. The molecule has 37 heavy (non-hydrogen) atoms.